The summed E-state index contributed by atoms with van der Waals surface area (Å²) in [5, 5.41) is 10.3. The Morgan fingerprint density at radius 2 is 1.92 bits per heavy atom. The van der Waals surface area contributed by atoms with Gasteiger partial charge in [-0.2, -0.15) is 0 Å². The lowest BCUT2D eigenvalue weighted by molar-refractivity contribution is 0.0900. The summed E-state index contributed by atoms with van der Waals surface area (Å²) < 4.78 is 7.63. The molecule has 0 fully saturated rings. The zero-order valence-electron chi connectivity index (χ0n) is 13.8. The number of Topliss-reactive ketones (excluding diaryl/α,β-unsaturated/α-hetero) is 1. The monoisotopic (exact) mass is 324 g/mol. The van der Waals surface area contributed by atoms with Gasteiger partial charge in [0.2, 0.25) is 0 Å². The summed E-state index contributed by atoms with van der Waals surface area (Å²) in [7, 11) is 0. The molecular weight excluding hydrogens is 304 g/mol. The van der Waals surface area contributed by atoms with Crippen LogP contribution in [0.25, 0.3) is 11.0 Å². The summed E-state index contributed by atoms with van der Waals surface area (Å²) in [6.07, 6.45) is -0.707. The molecule has 0 spiro atoms. The predicted molar refractivity (Wildman–Crippen MR) is 92.4 cm³/mol. The van der Waals surface area contributed by atoms with E-state index in [0.717, 1.165) is 16.9 Å². The molecule has 2 aromatic carbocycles. The predicted octanol–water partition coefficient (Wildman–Crippen LogP) is 2.99. The molecule has 0 unspecified atom stereocenters. The van der Waals surface area contributed by atoms with Crippen LogP contribution >= 0.6 is 0 Å². The van der Waals surface area contributed by atoms with Gasteiger partial charge in [-0.05, 0) is 38.1 Å². The van der Waals surface area contributed by atoms with Crippen LogP contribution in [-0.4, -0.2) is 33.2 Å². The summed E-state index contributed by atoms with van der Waals surface area (Å²) in [4.78, 5) is 16.1. The second-order valence-corrected chi connectivity index (χ2v) is 5.78. The van der Waals surface area contributed by atoms with Crippen LogP contribution in [0.4, 0.5) is 0 Å². The van der Waals surface area contributed by atoms with Gasteiger partial charge >= 0.3 is 0 Å². The van der Waals surface area contributed by atoms with E-state index in [0.29, 0.717) is 17.9 Å². The molecule has 0 saturated heterocycles. The topological polar surface area (TPSA) is 64.3 Å². The molecule has 24 heavy (non-hydrogen) atoms. The average Bonchev–Trinajstić information content (AvgIpc) is 2.89. The van der Waals surface area contributed by atoms with Gasteiger partial charge in [-0.3, -0.25) is 4.79 Å². The van der Waals surface area contributed by atoms with Gasteiger partial charge in [0.05, 0.1) is 23.1 Å². The molecule has 3 aromatic rings. The lowest BCUT2D eigenvalue weighted by Gasteiger charge is -2.16. The normalized spacial score (nSPS) is 12.3. The van der Waals surface area contributed by atoms with E-state index in [9.17, 15) is 9.90 Å². The fourth-order valence-corrected chi connectivity index (χ4v) is 2.76. The Morgan fingerprint density at radius 1 is 1.21 bits per heavy atom. The van der Waals surface area contributed by atoms with Gasteiger partial charge in [0.15, 0.2) is 5.78 Å². The highest BCUT2D eigenvalue weighted by molar-refractivity contribution is 5.96. The number of hydrogen-bond acceptors (Lipinski definition) is 4. The van der Waals surface area contributed by atoms with Crippen LogP contribution < -0.4 is 4.74 Å². The van der Waals surface area contributed by atoms with Crippen LogP contribution in [-0.2, 0) is 6.54 Å². The molecule has 5 nitrogen and oxygen atoms in total. The SMILES string of the molecule is CC(=O)c1ccccc1OC[C@@H](O)Cn1c(C)nc2ccccc21. The number of ether oxygens (including phenoxy) is 1. The summed E-state index contributed by atoms with van der Waals surface area (Å²) >= 11 is 0. The van der Waals surface area contributed by atoms with Crippen LogP contribution in [0.15, 0.2) is 48.5 Å². The van der Waals surface area contributed by atoms with E-state index >= 15 is 0 Å². The minimum atomic E-state index is -0.707. The van der Waals surface area contributed by atoms with Crippen molar-refractivity contribution in [2.45, 2.75) is 26.5 Å². The summed E-state index contributed by atoms with van der Waals surface area (Å²) in [6, 6.07) is 14.9. The number of aryl methyl sites for hydroxylation is 1. The molecule has 0 bridgehead atoms. The Morgan fingerprint density at radius 3 is 2.71 bits per heavy atom. The lowest BCUT2D eigenvalue weighted by atomic mass is 10.1. The van der Waals surface area contributed by atoms with Crippen molar-refractivity contribution in [3.63, 3.8) is 0 Å². The third kappa shape index (κ3) is 3.31. The van der Waals surface area contributed by atoms with Crippen molar-refractivity contribution in [2.75, 3.05) is 6.61 Å². The zero-order valence-corrected chi connectivity index (χ0v) is 13.8. The van der Waals surface area contributed by atoms with Crippen LogP contribution in [0.3, 0.4) is 0 Å². The first-order chi connectivity index (χ1) is 11.6. The number of aliphatic hydroxyl groups is 1. The highest BCUT2D eigenvalue weighted by atomic mass is 16.5. The second kappa shape index (κ2) is 6.84. The highest BCUT2D eigenvalue weighted by Gasteiger charge is 2.14. The number of ketones is 1. The third-order valence-electron chi connectivity index (χ3n) is 3.94. The number of aliphatic hydroxyl groups excluding tert-OH is 1. The minimum Gasteiger partial charge on any atom is -0.490 e. The number of rotatable bonds is 6. The van der Waals surface area contributed by atoms with E-state index in [4.69, 9.17) is 4.74 Å². The van der Waals surface area contributed by atoms with Gasteiger partial charge < -0.3 is 14.4 Å². The number of aromatic nitrogens is 2. The minimum absolute atomic E-state index is 0.0588. The molecule has 0 aliphatic heterocycles. The van der Waals surface area contributed by atoms with Crippen molar-refractivity contribution in [3.8, 4) is 5.75 Å². The Labute approximate surface area is 140 Å². The summed E-state index contributed by atoms with van der Waals surface area (Å²) in [5.41, 5.74) is 2.41. The molecule has 0 aliphatic rings. The first-order valence-corrected chi connectivity index (χ1v) is 7.89. The zero-order chi connectivity index (χ0) is 17.1. The molecule has 0 amide bonds. The maximum absolute atomic E-state index is 11.6. The lowest BCUT2D eigenvalue weighted by Crippen LogP contribution is -2.24. The van der Waals surface area contributed by atoms with Crippen molar-refractivity contribution < 1.29 is 14.6 Å². The maximum Gasteiger partial charge on any atom is 0.163 e. The molecule has 1 aromatic heterocycles. The van der Waals surface area contributed by atoms with Gasteiger partial charge in [0.1, 0.15) is 24.3 Å². The Bertz CT molecular complexity index is 870. The Hall–Kier alpha value is -2.66. The van der Waals surface area contributed by atoms with E-state index in [-0.39, 0.29) is 12.4 Å². The number of para-hydroxylation sites is 3. The first kappa shape index (κ1) is 16.2. The van der Waals surface area contributed by atoms with E-state index in [2.05, 4.69) is 4.98 Å². The number of imidazole rings is 1. The number of hydrogen-bond donors (Lipinski definition) is 1. The van der Waals surface area contributed by atoms with Crippen LogP contribution in [0.5, 0.6) is 5.75 Å². The molecule has 124 valence electrons. The number of benzene rings is 2. The average molecular weight is 324 g/mol. The Kier molecular flexibility index (Phi) is 4.62. The van der Waals surface area contributed by atoms with Crippen LogP contribution in [0.1, 0.15) is 23.1 Å². The molecule has 3 rings (SSSR count). The van der Waals surface area contributed by atoms with Gasteiger partial charge in [-0.1, -0.05) is 24.3 Å². The fourth-order valence-electron chi connectivity index (χ4n) is 2.76. The molecule has 0 saturated carbocycles. The van der Waals surface area contributed by atoms with E-state index in [1.807, 2.05) is 41.8 Å². The second-order valence-electron chi connectivity index (χ2n) is 5.78. The van der Waals surface area contributed by atoms with Crippen LogP contribution in [0, 0.1) is 6.92 Å². The summed E-state index contributed by atoms with van der Waals surface area (Å²) in [6.45, 7) is 3.91. The standard InChI is InChI=1S/C19H20N2O3/c1-13(22)16-7-3-6-10-19(16)24-12-15(23)11-21-14(2)20-17-8-4-5-9-18(17)21/h3-10,15,23H,11-12H2,1-2H3/t15-/m0/s1. The van der Waals surface area contributed by atoms with Crippen molar-refractivity contribution in [2.24, 2.45) is 0 Å². The number of carbonyl (C=O) groups excluding carboxylic acids is 1. The van der Waals surface area contributed by atoms with Crippen molar-refractivity contribution >= 4 is 16.8 Å². The fraction of sp³-hybridized carbons (Fsp3) is 0.263. The van der Waals surface area contributed by atoms with E-state index in [1.165, 1.54) is 6.92 Å². The molecule has 1 heterocycles. The molecular formula is C19H20N2O3. The molecule has 0 aliphatic carbocycles. The van der Waals surface area contributed by atoms with E-state index < -0.39 is 6.10 Å². The van der Waals surface area contributed by atoms with Gasteiger partial charge in [0, 0.05) is 0 Å². The first-order valence-electron chi connectivity index (χ1n) is 7.89. The molecule has 0 radical (unpaired) electrons. The smallest absolute Gasteiger partial charge is 0.163 e. The molecule has 1 atom stereocenters. The quantitative estimate of drug-likeness (QED) is 0.708. The van der Waals surface area contributed by atoms with Crippen molar-refractivity contribution in [3.05, 3.63) is 59.9 Å². The van der Waals surface area contributed by atoms with Gasteiger partial charge in [-0.15, -0.1) is 0 Å². The molecule has 1 N–H and O–H groups in total. The van der Waals surface area contributed by atoms with Gasteiger partial charge in [-0.25, -0.2) is 4.98 Å². The third-order valence-corrected chi connectivity index (χ3v) is 3.94. The van der Waals surface area contributed by atoms with Crippen molar-refractivity contribution in [1.82, 2.24) is 9.55 Å². The van der Waals surface area contributed by atoms with Crippen molar-refractivity contribution in [1.29, 1.82) is 0 Å². The number of fused-ring (bicyclic) bond motifs is 1. The number of carbonyl (C=O) groups is 1. The van der Waals surface area contributed by atoms with Gasteiger partial charge in [0.25, 0.3) is 0 Å². The Balaban J connectivity index is 1.71. The largest absolute Gasteiger partial charge is 0.490 e. The van der Waals surface area contributed by atoms with E-state index in [1.54, 1.807) is 18.2 Å². The van der Waals surface area contributed by atoms with Crippen LogP contribution in [0.2, 0.25) is 0 Å². The summed E-state index contributed by atoms with van der Waals surface area (Å²) in [5.74, 6) is 1.28. The maximum atomic E-state index is 11.6. The number of nitrogens with zero attached hydrogens (tertiary/aromatic N) is 2. The molecule has 5 heteroatoms. The highest BCUT2D eigenvalue weighted by Crippen LogP contribution is 2.19.